The van der Waals surface area contributed by atoms with Crippen LogP contribution in [-0.2, 0) is 20.9 Å². The molecule has 1 aliphatic heterocycles. The van der Waals surface area contributed by atoms with Crippen LogP contribution in [-0.4, -0.2) is 39.7 Å². The third-order valence-electron chi connectivity index (χ3n) is 5.43. The molecule has 190 valence electrons. The first-order chi connectivity index (χ1) is 17.8. The molecule has 2 amide bonds. The van der Waals surface area contributed by atoms with E-state index in [4.69, 9.17) is 27.9 Å². The number of carbonyl (C=O) groups is 3. The minimum atomic E-state index is -0.691. The van der Waals surface area contributed by atoms with E-state index < -0.39 is 11.2 Å². The van der Waals surface area contributed by atoms with Crippen molar-refractivity contribution in [3.63, 3.8) is 0 Å². The Morgan fingerprint density at radius 3 is 2.43 bits per heavy atom. The number of nitrogens with zero attached hydrogens (tertiary/aromatic N) is 2. The van der Waals surface area contributed by atoms with Crippen LogP contribution in [0.2, 0.25) is 10.0 Å². The second kappa shape index (κ2) is 12.3. The molecule has 1 N–H and O–H groups in total. The monoisotopic (exact) mass is 555 g/mol. The maximum Gasteiger partial charge on any atom is 0.338 e. The molecule has 1 aliphatic rings. The molecular formula is C27H23Cl2N3O4S. The van der Waals surface area contributed by atoms with Crippen LogP contribution in [0.1, 0.15) is 29.3 Å². The summed E-state index contributed by atoms with van der Waals surface area (Å²) in [5.74, 6) is -0.997. The molecule has 0 radical (unpaired) electrons. The second-order valence-corrected chi connectivity index (χ2v) is 10.1. The Hall–Kier alpha value is -3.33. The number of hydrogen-bond donors (Lipinski definition) is 1. The van der Waals surface area contributed by atoms with Crippen molar-refractivity contribution in [2.24, 2.45) is 4.99 Å². The molecule has 37 heavy (non-hydrogen) atoms. The van der Waals surface area contributed by atoms with Gasteiger partial charge in [0.05, 0.1) is 24.4 Å². The standard InChI is InChI=1S/C27H23Cl2N3O4S/c1-2-36-26(35)17-7-11-21(12-8-17)31-27-32(16-18-5-3-4-6-22(18)29)24(33)15-23(37-27)25(34)30-20-13-9-19(28)10-14-20/h3-14,23H,2,15-16H2,1H3,(H,30,34). The van der Waals surface area contributed by atoms with E-state index in [0.717, 1.165) is 5.56 Å². The number of thioether (sulfide) groups is 1. The normalized spacial score (nSPS) is 16.5. The van der Waals surface area contributed by atoms with Crippen molar-refractivity contribution >= 4 is 69.3 Å². The maximum absolute atomic E-state index is 13.3. The van der Waals surface area contributed by atoms with Crippen LogP contribution in [0.4, 0.5) is 11.4 Å². The third-order valence-corrected chi connectivity index (χ3v) is 7.24. The number of hydrogen-bond acceptors (Lipinski definition) is 6. The highest BCUT2D eigenvalue weighted by atomic mass is 35.5. The smallest absolute Gasteiger partial charge is 0.338 e. The number of benzene rings is 3. The number of anilines is 1. The van der Waals surface area contributed by atoms with Crippen LogP contribution in [0.15, 0.2) is 77.8 Å². The molecule has 3 aromatic rings. The van der Waals surface area contributed by atoms with Crippen molar-refractivity contribution < 1.29 is 19.1 Å². The predicted molar refractivity (Wildman–Crippen MR) is 148 cm³/mol. The Balaban J connectivity index is 1.61. The fourth-order valence-electron chi connectivity index (χ4n) is 3.55. The summed E-state index contributed by atoms with van der Waals surface area (Å²) >= 11 is 13.5. The van der Waals surface area contributed by atoms with Crippen molar-refractivity contribution in [2.75, 3.05) is 11.9 Å². The molecule has 4 rings (SSSR count). The van der Waals surface area contributed by atoms with Gasteiger partial charge in [-0.15, -0.1) is 0 Å². The number of amides is 2. The Kier molecular flexibility index (Phi) is 8.87. The van der Waals surface area contributed by atoms with Crippen LogP contribution in [0.25, 0.3) is 0 Å². The summed E-state index contributed by atoms with van der Waals surface area (Å²) in [5, 5.41) is 3.58. The van der Waals surface area contributed by atoms with Crippen LogP contribution in [0.3, 0.4) is 0 Å². The fourth-order valence-corrected chi connectivity index (χ4v) is 4.97. The quantitative estimate of drug-likeness (QED) is 0.344. The van der Waals surface area contributed by atoms with Gasteiger partial charge in [-0.3, -0.25) is 14.5 Å². The van der Waals surface area contributed by atoms with Gasteiger partial charge in [-0.05, 0) is 67.1 Å². The molecule has 1 unspecified atom stereocenters. The van der Waals surface area contributed by atoms with Gasteiger partial charge < -0.3 is 10.1 Å². The highest BCUT2D eigenvalue weighted by Crippen LogP contribution is 2.32. The molecule has 1 heterocycles. The summed E-state index contributed by atoms with van der Waals surface area (Å²) in [5.41, 5.74) is 2.25. The van der Waals surface area contributed by atoms with Gasteiger partial charge in [-0.2, -0.15) is 0 Å². The van der Waals surface area contributed by atoms with Crippen LogP contribution in [0, 0.1) is 0 Å². The van der Waals surface area contributed by atoms with Crippen molar-refractivity contribution in [1.29, 1.82) is 0 Å². The molecular weight excluding hydrogens is 533 g/mol. The highest BCUT2D eigenvalue weighted by molar-refractivity contribution is 8.15. The van der Waals surface area contributed by atoms with E-state index in [1.165, 1.54) is 16.7 Å². The zero-order valence-electron chi connectivity index (χ0n) is 19.8. The zero-order chi connectivity index (χ0) is 26.4. The molecule has 0 bridgehead atoms. The third kappa shape index (κ3) is 6.91. The number of esters is 1. The number of ether oxygens (including phenoxy) is 1. The number of nitrogens with one attached hydrogen (secondary N) is 1. The maximum atomic E-state index is 13.3. The van der Waals surface area contributed by atoms with Crippen molar-refractivity contribution in [1.82, 2.24) is 4.90 Å². The Bertz CT molecular complexity index is 1330. The van der Waals surface area contributed by atoms with E-state index in [1.54, 1.807) is 61.5 Å². The first kappa shape index (κ1) is 26.7. The number of rotatable bonds is 7. The molecule has 1 atom stereocenters. The average Bonchev–Trinajstić information content (AvgIpc) is 2.89. The Labute approximate surface area is 228 Å². The topological polar surface area (TPSA) is 88.1 Å². The van der Waals surface area contributed by atoms with Gasteiger partial charge in [0.1, 0.15) is 5.25 Å². The minimum Gasteiger partial charge on any atom is -0.462 e. The van der Waals surface area contributed by atoms with Crippen molar-refractivity contribution in [2.45, 2.75) is 25.1 Å². The first-order valence-electron chi connectivity index (χ1n) is 11.5. The Morgan fingerprint density at radius 1 is 1.05 bits per heavy atom. The molecule has 0 saturated carbocycles. The summed E-state index contributed by atoms with van der Waals surface area (Å²) in [6, 6.07) is 20.5. The van der Waals surface area contributed by atoms with E-state index in [-0.39, 0.29) is 31.4 Å². The Morgan fingerprint density at radius 2 is 1.76 bits per heavy atom. The van der Waals surface area contributed by atoms with Crippen LogP contribution < -0.4 is 5.32 Å². The molecule has 3 aromatic carbocycles. The fraction of sp³-hybridized carbons (Fsp3) is 0.185. The largest absolute Gasteiger partial charge is 0.462 e. The number of amidine groups is 1. The van der Waals surface area contributed by atoms with Crippen molar-refractivity contribution in [3.05, 3.63) is 94.0 Å². The zero-order valence-corrected chi connectivity index (χ0v) is 22.1. The average molecular weight is 556 g/mol. The minimum absolute atomic E-state index is 0.00460. The van der Waals surface area contributed by atoms with Crippen molar-refractivity contribution in [3.8, 4) is 0 Å². The molecule has 1 fully saturated rings. The summed E-state index contributed by atoms with van der Waals surface area (Å²) in [6.45, 7) is 2.22. The van der Waals surface area contributed by atoms with Gasteiger partial charge in [-0.25, -0.2) is 9.79 Å². The molecule has 1 saturated heterocycles. The van der Waals surface area contributed by atoms with E-state index in [2.05, 4.69) is 10.3 Å². The summed E-state index contributed by atoms with van der Waals surface area (Å²) < 4.78 is 5.03. The van der Waals surface area contributed by atoms with E-state index in [0.29, 0.717) is 32.2 Å². The number of aliphatic imine (C=N–C) groups is 1. The number of halogens is 2. The first-order valence-corrected chi connectivity index (χ1v) is 13.1. The molecule has 0 aliphatic carbocycles. The lowest BCUT2D eigenvalue weighted by atomic mass is 10.2. The van der Waals surface area contributed by atoms with Gasteiger partial charge in [-0.1, -0.05) is 53.2 Å². The van der Waals surface area contributed by atoms with Gasteiger partial charge in [0.25, 0.3) is 0 Å². The van der Waals surface area contributed by atoms with Gasteiger partial charge in [0.15, 0.2) is 5.17 Å². The number of carbonyl (C=O) groups excluding carboxylic acids is 3. The van der Waals surface area contributed by atoms with Crippen LogP contribution >= 0.6 is 35.0 Å². The SMILES string of the molecule is CCOC(=O)c1ccc(N=C2SC(C(=O)Nc3ccc(Cl)cc3)CC(=O)N2Cc2ccccc2Cl)cc1. The summed E-state index contributed by atoms with van der Waals surface area (Å²) in [6.07, 6.45) is -0.00460. The van der Waals surface area contributed by atoms with Gasteiger partial charge >= 0.3 is 5.97 Å². The lowest BCUT2D eigenvalue weighted by Gasteiger charge is -2.32. The highest BCUT2D eigenvalue weighted by Gasteiger charge is 2.36. The lowest BCUT2D eigenvalue weighted by Crippen LogP contribution is -2.44. The van der Waals surface area contributed by atoms with Gasteiger partial charge in [0, 0.05) is 22.2 Å². The summed E-state index contributed by atoms with van der Waals surface area (Å²) in [4.78, 5) is 44.5. The summed E-state index contributed by atoms with van der Waals surface area (Å²) in [7, 11) is 0. The van der Waals surface area contributed by atoms with E-state index >= 15 is 0 Å². The molecule has 7 nitrogen and oxygen atoms in total. The van der Waals surface area contributed by atoms with E-state index in [9.17, 15) is 14.4 Å². The molecule has 10 heteroatoms. The van der Waals surface area contributed by atoms with Gasteiger partial charge in [0.2, 0.25) is 11.8 Å². The lowest BCUT2D eigenvalue weighted by molar-refractivity contribution is -0.129. The van der Waals surface area contributed by atoms with E-state index in [1.807, 2.05) is 18.2 Å². The predicted octanol–water partition coefficient (Wildman–Crippen LogP) is 6.33. The van der Waals surface area contributed by atoms with Crippen LogP contribution in [0.5, 0.6) is 0 Å². The molecule has 0 aromatic heterocycles. The molecule has 0 spiro atoms. The second-order valence-electron chi connectivity index (χ2n) is 8.04.